The number of amides is 2. The maximum absolute atomic E-state index is 14.1. The Balaban J connectivity index is 1.60. The van der Waals surface area contributed by atoms with Crippen molar-refractivity contribution in [2.75, 3.05) is 19.7 Å². The van der Waals surface area contributed by atoms with Gasteiger partial charge < -0.3 is 40.6 Å². The highest BCUT2D eigenvalue weighted by Gasteiger charge is 2.53. The summed E-state index contributed by atoms with van der Waals surface area (Å²) in [5.41, 5.74) is 4.34. The predicted octanol–water partition coefficient (Wildman–Crippen LogP) is 1.77. The fraction of sp³-hybridized carbons (Fsp3) is 0.867. The van der Waals surface area contributed by atoms with Gasteiger partial charge in [0.2, 0.25) is 5.91 Å². The Bertz CT molecular complexity index is 961. The summed E-state index contributed by atoms with van der Waals surface area (Å²) in [4.78, 5) is 29.1. The molecule has 0 aliphatic carbocycles. The molecule has 0 saturated carbocycles. The molecule has 4 aliphatic rings. The quantitative estimate of drug-likeness (QED) is 0.289. The van der Waals surface area contributed by atoms with E-state index in [2.05, 4.69) is 19.2 Å². The second-order valence-electron chi connectivity index (χ2n) is 13.7. The van der Waals surface area contributed by atoms with E-state index < -0.39 is 65.6 Å². The van der Waals surface area contributed by atoms with E-state index in [4.69, 9.17) is 19.9 Å². The number of nitrogens with two attached hydrogens (primary N) is 1. The average Bonchev–Trinajstić information content (AvgIpc) is 3.15. The Morgan fingerprint density at radius 2 is 1.83 bits per heavy atom. The SMILES string of the molecule is CC(C)C[C@@H]1CCO[C@@H]2[C@@H](C1)CN(C(=O)OC(C)(C)C)[C@@H]2C(=O)N[C@@H]1C/C=C\C[C@@H](CN)SC2O[C@H]1C(O)[C@@H](O)[C@H]2O. The number of likely N-dealkylation sites (tertiary alicyclic amines) is 1. The smallest absolute Gasteiger partial charge is 0.411 e. The van der Waals surface area contributed by atoms with Gasteiger partial charge in [-0.2, -0.15) is 0 Å². The normalized spacial score (nSPS) is 40.1. The molecule has 2 unspecified atom stereocenters. The van der Waals surface area contributed by atoms with Crippen molar-refractivity contribution >= 4 is 23.8 Å². The summed E-state index contributed by atoms with van der Waals surface area (Å²) in [7, 11) is 0. The minimum Gasteiger partial charge on any atom is -0.444 e. The fourth-order valence-corrected chi connectivity index (χ4v) is 7.91. The molecule has 0 spiro atoms. The van der Waals surface area contributed by atoms with Crippen LogP contribution < -0.4 is 11.1 Å². The highest BCUT2D eigenvalue weighted by atomic mass is 32.2. The minimum absolute atomic E-state index is 0.0223. The van der Waals surface area contributed by atoms with E-state index in [0.29, 0.717) is 44.4 Å². The number of aliphatic hydroxyl groups is 3. The molecule has 4 aliphatic heterocycles. The third-order valence-electron chi connectivity index (χ3n) is 8.59. The number of nitrogens with one attached hydrogen (secondary N) is 1. The topological polar surface area (TPSA) is 164 Å². The van der Waals surface area contributed by atoms with Crippen LogP contribution in [-0.4, -0.2) is 111 Å². The number of fused-ring (bicyclic) bond motifs is 3. The molecule has 4 rings (SSSR count). The number of thioether (sulfide) groups is 1. The first-order chi connectivity index (χ1) is 19.8. The van der Waals surface area contributed by atoms with Crippen molar-refractivity contribution in [3.05, 3.63) is 12.2 Å². The Labute approximate surface area is 253 Å². The van der Waals surface area contributed by atoms with Gasteiger partial charge in [-0.1, -0.05) is 26.0 Å². The van der Waals surface area contributed by atoms with E-state index in [9.17, 15) is 24.9 Å². The van der Waals surface area contributed by atoms with Crippen LogP contribution in [0.15, 0.2) is 12.2 Å². The standard InChI is InChI=1S/C30H51N3O8S/c1-16(2)12-17-10-11-39-25-18(13-17)15-33(29(38)41-30(3,4)5)21(25)27(37)32-20-9-7-6-8-19(14-31)42-28-24(36)22(34)23(35)26(20)40-28/h6-7,16-26,28,34-36H,8-15,31H2,1-5H3,(H,32,37)/b7-6-/t17-,18-,19-,20+,21-,22+,23?,24+,25+,26+,28?/m0/s1. The van der Waals surface area contributed by atoms with Gasteiger partial charge >= 0.3 is 6.09 Å². The molecule has 11 atom stereocenters. The zero-order valence-electron chi connectivity index (χ0n) is 25.6. The zero-order chi connectivity index (χ0) is 30.8. The van der Waals surface area contributed by atoms with E-state index in [0.717, 1.165) is 19.3 Å². The van der Waals surface area contributed by atoms with Crippen LogP contribution in [0.3, 0.4) is 0 Å². The lowest BCUT2D eigenvalue weighted by atomic mass is 9.85. The van der Waals surface area contributed by atoms with Gasteiger partial charge in [-0.15, -0.1) is 11.8 Å². The maximum Gasteiger partial charge on any atom is 0.411 e. The van der Waals surface area contributed by atoms with Gasteiger partial charge in [0.25, 0.3) is 0 Å². The molecule has 0 radical (unpaired) electrons. The van der Waals surface area contributed by atoms with Gasteiger partial charge in [-0.25, -0.2) is 4.79 Å². The van der Waals surface area contributed by atoms with Crippen molar-refractivity contribution in [2.45, 2.75) is 126 Å². The number of carbonyl (C=O) groups excluding carboxylic acids is 2. The van der Waals surface area contributed by atoms with Crippen molar-refractivity contribution in [3.63, 3.8) is 0 Å². The second kappa shape index (κ2) is 14.1. The Hall–Kier alpha value is -1.41. The van der Waals surface area contributed by atoms with Gasteiger partial charge in [0, 0.05) is 30.9 Å². The van der Waals surface area contributed by atoms with Crippen LogP contribution in [0, 0.1) is 17.8 Å². The molecular formula is C30H51N3O8S. The van der Waals surface area contributed by atoms with Crippen LogP contribution in [-0.2, 0) is 19.0 Å². The monoisotopic (exact) mass is 613 g/mol. The van der Waals surface area contributed by atoms with Crippen molar-refractivity contribution in [1.29, 1.82) is 0 Å². The summed E-state index contributed by atoms with van der Waals surface area (Å²) in [5.74, 6) is 0.529. The van der Waals surface area contributed by atoms with Crippen molar-refractivity contribution in [1.82, 2.24) is 10.2 Å². The third kappa shape index (κ3) is 7.99. The molecule has 3 fully saturated rings. The number of aliphatic hydroxyl groups excluding tert-OH is 3. The lowest BCUT2D eigenvalue weighted by molar-refractivity contribution is -0.205. The van der Waals surface area contributed by atoms with Crippen LogP contribution in [0.5, 0.6) is 0 Å². The molecule has 42 heavy (non-hydrogen) atoms. The van der Waals surface area contributed by atoms with E-state index in [1.165, 1.54) is 16.7 Å². The highest BCUT2D eigenvalue weighted by molar-refractivity contribution is 8.00. The molecule has 240 valence electrons. The van der Waals surface area contributed by atoms with Gasteiger partial charge in [0.1, 0.15) is 41.5 Å². The summed E-state index contributed by atoms with van der Waals surface area (Å²) in [5, 5.41) is 35.3. The molecule has 3 saturated heterocycles. The molecule has 11 nitrogen and oxygen atoms in total. The predicted molar refractivity (Wildman–Crippen MR) is 160 cm³/mol. The zero-order valence-corrected chi connectivity index (χ0v) is 26.4. The first-order valence-electron chi connectivity index (χ1n) is 15.4. The first kappa shape index (κ1) is 33.5. The largest absolute Gasteiger partial charge is 0.444 e. The molecule has 2 bridgehead atoms. The molecule has 12 heteroatoms. The molecule has 0 aromatic carbocycles. The van der Waals surface area contributed by atoms with E-state index in [1.807, 2.05) is 12.2 Å². The fourth-order valence-electron chi connectivity index (χ4n) is 6.69. The van der Waals surface area contributed by atoms with Crippen LogP contribution in [0.1, 0.15) is 66.7 Å². The molecule has 0 aromatic rings. The number of hydrogen-bond acceptors (Lipinski definition) is 10. The summed E-state index contributed by atoms with van der Waals surface area (Å²) in [6.45, 7) is 11.0. The van der Waals surface area contributed by atoms with Crippen molar-refractivity contribution < 1.29 is 39.1 Å². The Kier molecular flexibility index (Phi) is 11.3. The summed E-state index contributed by atoms with van der Waals surface area (Å²) < 4.78 is 18.2. The van der Waals surface area contributed by atoms with Crippen molar-refractivity contribution in [2.24, 2.45) is 23.5 Å². The maximum atomic E-state index is 14.1. The number of hydrogen-bond donors (Lipinski definition) is 5. The van der Waals surface area contributed by atoms with Gasteiger partial charge in [-0.05, 0) is 64.7 Å². The Morgan fingerprint density at radius 1 is 1.12 bits per heavy atom. The number of rotatable bonds is 5. The van der Waals surface area contributed by atoms with Crippen LogP contribution in [0.4, 0.5) is 4.79 Å². The summed E-state index contributed by atoms with van der Waals surface area (Å²) >= 11 is 1.31. The van der Waals surface area contributed by atoms with Crippen LogP contribution >= 0.6 is 11.8 Å². The first-order valence-corrected chi connectivity index (χ1v) is 16.3. The van der Waals surface area contributed by atoms with Crippen molar-refractivity contribution in [3.8, 4) is 0 Å². The highest BCUT2D eigenvalue weighted by Crippen LogP contribution is 2.39. The van der Waals surface area contributed by atoms with Gasteiger partial charge in [-0.3, -0.25) is 9.69 Å². The third-order valence-corrected chi connectivity index (χ3v) is 10.0. The lowest BCUT2D eigenvalue weighted by Crippen LogP contribution is -2.64. The van der Waals surface area contributed by atoms with E-state index in [-0.39, 0.29) is 11.2 Å². The minimum atomic E-state index is -1.46. The Morgan fingerprint density at radius 3 is 2.50 bits per heavy atom. The summed E-state index contributed by atoms with van der Waals surface area (Å²) in [6.07, 6.45) is 1.37. The molecule has 2 amide bonds. The van der Waals surface area contributed by atoms with Crippen LogP contribution in [0.25, 0.3) is 0 Å². The average molecular weight is 614 g/mol. The van der Waals surface area contributed by atoms with Gasteiger partial charge in [0.05, 0.1) is 12.1 Å². The van der Waals surface area contributed by atoms with Crippen LogP contribution in [0.2, 0.25) is 0 Å². The number of carbonyl (C=O) groups is 2. The number of allylic oxidation sites excluding steroid dienone is 1. The van der Waals surface area contributed by atoms with E-state index >= 15 is 0 Å². The van der Waals surface area contributed by atoms with E-state index in [1.54, 1.807) is 20.8 Å². The second-order valence-corrected chi connectivity index (χ2v) is 15.1. The summed E-state index contributed by atoms with van der Waals surface area (Å²) in [6, 6.07) is -1.66. The molecule has 6 N–H and O–H groups in total. The molecule has 0 aromatic heterocycles. The number of ether oxygens (including phenoxy) is 3. The lowest BCUT2D eigenvalue weighted by Gasteiger charge is -2.44. The molecule has 4 heterocycles. The number of nitrogens with zero attached hydrogens (tertiary/aromatic N) is 1. The molecular weight excluding hydrogens is 562 g/mol. The van der Waals surface area contributed by atoms with Gasteiger partial charge in [0.15, 0.2) is 0 Å².